The molecule has 1 aromatic rings. The number of ether oxygens (including phenoxy) is 1. The molecule has 20 heteroatoms. The summed E-state index contributed by atoms with van der Waals surface area (Å²) in [5.74, 6) is -1.48. The van der Waals surface area contributed by atoms with Gasteiger partial charge in [0.2, 0.25) is 0 Å². The Bertz CT molecular complexity index is 1030. The van der Waals surface area contributed by atoms with Crippen LogP contribution in [0.15, 0.2) is 17.1 Å². The lowest BCUT2D eigenvalue weighted by Gasteiger charge is -2.19. The average Bonchev–Trinajstić information content (AvgIpc) is 2.85. The van der Waals surface area contributed by atoms with Gasteiger partial charge in [-0.1, -0.05) is 0 Å². The van der Waals surface area contributed by atoms with Crippen LogP contribution in [-0.2, 0) is 31.6 Å². The second-order valence-electron chi connectivity index (χ2n) is 5.64. The normalized spacial score (nSPS) is 28.4. The van der Waals surface area contributed by atoms with Crippen LogP contribution in [0.4, 0.5) is 5.82 Å². The fourth-order valence-corrected chi connectivity index (χ4v) is 5.38. The van der Waals surface area contributed by atoms with Gasteiger partial charge >= 0.3 is 29.2 Å². The van der Waals surface area contributed by atoms with E-state index >= 15 is 0 Å². The molecule has 2 heterocycles. The largest absolute Gasteiger partial charge is 0.490 e. The van der Waals surface area contributed by atoms with E-state index in [9.17, 15) is 33.8 Å². The van der Waals surface area contributed by atoms with E-state index in [1.165, 1.54) is 6.07 Å². The van der Waals surface area contributed by atoms with Crippen LogP contribution >= 0.6 is 23.5 Å². The molecule has 1 aromatic heterocycles. The van der Waals surface area contributed by atoms with Crippen molar-refractivity contribution in [3.8, 4) is 6.07 Å². The molecule has 2 rings (SSSR count). The van der Waals surface area contributed by atoms with Crippen LogP contribution in [0.2, 0.25) is 0 Å². The lowest BCUT2D eigenvalue weighted by molar-refractivity contribution is -0.0460. The number of hydrogen-bond donors (Lipinski definition) is 6. The summed E-state index contributed by atoms with van der Waals surface area (Å²) in [6.45, 7) is -1.00. The van der Waals surface area contributed by atoms with Gasteiger partial charge in [0.1, 0.15) is 23.9 Å². The minimum Gasteiger partial charge on any atom is -0.389 e. The number of nitriles is 1. The van der Waals surface area contributed by atoms with E-state index in [1.54, 1.807) is 6.07 Å². The Labute approximate surface area is 166 Å². The molecule has 0 amide bonds. The van der Waals surface area contributed by atoms with Gasteiger partial charge in [0.25, 0.3) is 0 Å². The minimum atomic E-state index is -5.72. The molecule has 0 aliphatic carbocycles. The molecule has 6 atom stereocenters. The first-order chi connectivity index (χ1) is 13.6. The van der Waals surface area contributed by atoms with Crippen molar-refractivity contribution in [2.45, 2.75) is 18.4 Å². The molecule has 0 spiro atoms. The molecule has 2 unspecified atom stereocenters. The van der Waals surface area contributed by atoms with Crippen LogP contribution in [0.1, 0.15) is 6.23 Å². The summed E-state index contributed by atoms with van der Waals surface area (Å²) in [7, 11) is -16.8. The standard InChI is InChI=1S/C10H15N4O13P3/c11-3-5-8(15)6(25-9(5)14-2-1-7(12)13-10(14)16)4-24-29(20,21)27-30(22,23)26-28(17,18)19/h1-2,5-6,8-9,15H,4H2,(H,20,21)(H,22,23)(H2,12,13,16)(H2,17,18,19)/t5-,6+,8-,9+/m0/s1. The number of phosphoric acid groups is 3. The number of aliphatic hydroxyl groups is 1. The van der Waals surface area contributed by atoms with Gasteiger partial charge in [-0.05, 0) is 6.07 Å². The van der Waals surface area contributed by atoms with Crippen LogP contribution in [-0.4, -0.2) is 53.0 Å². The highest BCUT2D eigenvalue weighted by Gasteiger charge is 2.47. The number of nitrogens with two attached hydrogens (primary N) is 1. The fourth-order valence-electron chi connectivity index (χ4n) is 2.35. The summed E-state index contributed by atoms with van der Waals surface area (Å²) in [6, 6.07) is 2.91. The van der Waals surface area contributed by atoms with Crippen molar-refractivity contribution in [2.75, 3.05) is 12.3 Å². The zero-order chi connectivity index (χ0) is 22.9. The van der Waals surface area contributed by atoms with E-state index in [2.05, 4.69) is 18.1 Å². The van der Waals surface area contributed by atoms with Crippen LogP contribution in [0.3, 0.4) is 0 Å². The highest BCUT2D eigenvalue weighted by atomic mass is 31.3. The van der Waals surface area contributed by atoms with Gasteiger partial charge in [-0.25, -0.2) is 18.5 Å². The van der Waals surface area contributed by atoms with Crippen LogP contribution < -0.4 is 11.4 Å². The third kappa shape index (κ3) is 6.50. The molecule has 1 aliphatic rings. The molecule has 1 saturated heterocycles. The van der Waals surface area contributed by atoms with E-state index in [0.717, 1.165) is 10.8 Å². The third-order valence-electron chi connectivity index (χ3n) is 3.46. The molecule has 1 fully saturated rings. The number of aromatic nitrogens is 2. The fraction of sp³-hybridized carbons (Fsp3) is 0.500. The average molecular weight is 492 g/mol. The Balaban J connectivity index is 2.11. The van der Waals surface area contributed by atoms with Gasteiger partial charge in [-0.3, -0.25) is 9.09 Å². The van der Waals surface area contributed by atoms with E-state index in [-0.39, 0.29) is 5.82 Å². The molecular formula is C10H15N4O13P3. The Morgan fingerprint density at radius 3 is 2.40 bits per heavy atom. The van der Waals surface area contributed by atoms with E-state index in [0.29, 0.717) is 0 Å². The molecule has 30 heavy (non-hydrogen) atoms. The quantitative estimate of drug-likeness (QED) is 0.227. The maximum Gasteiger partial charge on any atom is 0.490 e. The third-order valence-corrected chi connectivity index (χ3v) is 7.27. The summed E-state index contributed by atoms with van der Waals surface area (Å²) in [6.07, 6.45) is -3.41. The molecule has 7 N–H and O–H groups in total. The number of hydrogen-bond acceptors (Lipinski definition) is 12. The number of phosphoric ester groups is 1. The monoisotopic (exact) mass is 492 g/mol. The zero-order valence-corrected chi connectivity index (χ0v) is 17.1. The molecule has 0 bridgehead atoms. The van der Waals surface area contributed by atoms with Crippen molar-refractivity contribution < 1.29 is 56.3 Å². The lowest BCUT2D eigenvalue weighted by Crippen LogP contribution is -2.31. The highest BCUT2D eigenvalue weighted by molar-refractivity contribution is 7.66. The summed E-state index contributed by atoms with van der Waals surface area (Å²) in [5.41, 5.74) is 4.44. The Morgan fingerprint density at radius 2 is 1.87 bits per heavy atom. The molecule has 1 aliphatic heterocycles. The number of rotatable bonds is 8. The summed E-state index contributed by atoms with van der Waals surface area (Å²) in [5, 5.41) is 19.4. The van der Waals surface area contributed by atoms with Crippen molar-refractivity contribution >= 4 is 29.3 Å². The number of anilines is 1. The Hall–Kier alpha value is -1.50. The van der Waals surface area contributed by atoms with Gasteiger partial charge < -0.3 is 35.2 Å². The van der Waals surface area contributed by atoms with E-state index in [4.69, 9.17) is 25.2 Å². The minimum absolute atomic E-state index is 0.118. The van der Waals surface area contributed by atoms with Crippen molar-refractivity contribution in [2.24, 2.45) is 5.92 Å². The smallest absolute Gasteiger partial charge is 0.389 e. The zero-order valence-electron chi connectivity index (χ0n) is 14.4. The number of aliphatic hydroxyl groups excluding tert-OH is 1. The van der Waals surface area contributed by atoms with Crippen molar-refractivity contribution in [1.82, 2.24) is 9.55 Å². The first-order valence-electron chi connectivity index (χ1n) is 7.50. The van der Waals surface area contributed by atoms with Crippen LogP contribution in [0.5, 0.6) is 0 Å². The van der Waals surface area contributed by atoms with Crippen molar-refractivity contribution in [3.63, 3.8) is 0 Å². The van der Waals surface area contributed by atoms with Gasteiger partial charge in [0.15, 0.2) is 6.23 Å². The molecule has 0 aromatic carbocycles. The maximum absolute atomic E-state index is 11.9. The Morgan fingerprint density at radius 1 is 1.23 bits per heavy atom. The Kier molecular flexibility index (Phi) is 7.37. The molecule has 0 saturated carbocycles. The highest BCUT2D eigenvalue weighted by Crippen LogP contribution is 2.66. The van der Waals surface area contributed by atoms with Crippen molar-refractivity contribution in [1.29, 1.82) is 5.26 Å². The summed E-state index contributed by atoms with van der Waals surface area (Å²) >= 11 is 0. The molecule has 0 radical (unpaired) electrons. The predicted molar refractivity (Wildman–Crippen MR) is 91.7 cm³/mol. The first-order valence-corrected chi connectivity index (χ1v) is 12.0. The predicted octanol–water partition coefficient (Wildman–Crippen LogP) is -1.43. The van der Waals surface area contributed by atoms with E-state index in [1.807, 2.05) is 0 Å². The maximum atomic E-state index is 11.9. The molecular weight excluding hydrogens is 477 g/mol. The van der Waals surface area contributed by atoms with Gasteiger partial charge in [0, 0.05) is 6.20 Å². The van der Waals surface area contributed by atoms with Crippen LogP contribution in [0, 0.1) is 17.2 Å². The number of nitrogen functional groups attached to an aromatic ring is 1. The topological polar surface area (TPSA) is 274 Å². The lowest BCUT2D eigenvalue weighted by atomic mass is 10.0. The SMILES string of the molecule is N#C[C@H]1[C@H](O)[C@@H](COP(=O)(O)OP(=O)(O)OP(=O)(O)O)O[C@H]1n1ccc(N)nc1=O. The second kappa shape index (κ2) is 8.93. The van der Waals surface area contributed by atoms with E-state index < -0.39 is 60.1 Å². The molecule has 17 nitrogen and oxygen atoms in total. The second-order valence-corrected chi connectivity index (χ2v) is 10.1. The summed E-state index contributed by atoms with van der Waals surface area (Å²) < 4.78 is 51.2. The van der Waals surface area contributed by atoms with Gasteiger partial charge in [-0.2, -0.15) is 18.9 Å². The van der Waals surface area contributed by atoms with Crippen LogP contribution in [0.25, 0.3) is 0 Å². The van der Waals surface area contributed by atoms with Crippen molar-refractivity contribution in [3.05, 3.63) is 22.7 Å². The first kappa shape index (κ1) is 24.8. The van der Waals surface area contributed by atoms with Gasteiger partial charge in [0.05, 0.1) is 12.7 Å². The summed E-state index contributed by atoms with van der Waals surface area (Å²) in [4.78, 5) is 50.8. The molecule has 168 valence electrons. The number of nitrogens with zero attached hydrogens (tertiary/aromatic N) is 3. The van der Waals surface area contributed by atoms with Gasteiger partial charge in [-0.15, -0.1) is 0 Å².